The topological polar surface area (TPSA) is 79.0 Å². The summed E-state index contributed by atoms with van der Waals surface area (Å²) in [6, 6.07) is 0. The molecule has 2 aliphatic rings. The van der Waals surface area contributed by atoms with Crippen LogP contribution >= 0.6 is 0 Å². The third-order valence-electron chi connectivity index (χ3n) is 4.83. The largest absolute Gasteiger partial charge is 0.383 e. The highest BCUT2D eigenvalue weighted by molar-refractivity contribution is 5.81. The van der Waals surface area contributed by atoms with Crippen LogP contribution in [0.1, 0.15) is 25.7 Å². The molecule has 2 fully saturated rings. The van der Waals surface area contributed by atoms with Crippen LogP contribution in [0.4, 0.5) is 0 Å². The molecule has 0 aromatic carbocycles. The third kappa shape index (κ3) is 4.92. The fourth-order valence-electron chi connectivity index (χ4n) is 3.33. The zero-order valence-electron chi connectivity index (χ0n) is 13.8. The van der Waals surface area contributed by atoms with Crippen LogP contribution in [0.3, 0.4) is 0 Å². The molecule has 0 spiro atoms. The molecule has 0 unspecified atom stereocenters. The van der Waals surface area contributed by atoms with E-state index >= 15 is 0 Å². The quantitative estimate of drug-likeness (QED) is 0.544. The number of hydrogen-bond acceptors (Lipinski definition) is 4. The fourth-order valence-corrected chi connectivity index (χ4v) is 3.33. The average Bonchev–Trinajstić information content (AvgIpc) is 2.61. The highest BCUT2D eigenvalue weighted by Gasteiger charge is 2.32. The Hall–Kier alpha value is -1.63. The Morgan fingerprint density at radius 1 is 1.09 bits per heavy atom. The average molecular weight is 325 g/mol. The van der Waals surface area contributed by atoms with Gasteiger partial charge in [-0.05, 0) is 25.7 Å². The minimum atomic E-state index is 0.0165. The number of methoxy groups -OCH3 is 1. The number of carbonyl (C=O) groups is 3. The number of nitrogens with one attached hydrogen (secondary N) is 1. The molecule has 130 valence electrons. The minimum Gasteiger partial charge on any atom is -0.383 e. The monoisotopic (exact) mass is 325 g/mol. The maximum absolute atomic E-state index is 12.5. The molecule has 23 heavy (non-hydrogen) atoms. The molecule has 1 heterocycles. The molecule has 0 aromatic heterocycles. The zero-order valence-corrected chi connectivity index (χ0v) is 13.8. The first kappa shape index (κ1) is 17.7. The van der Waals surface area contributed by atoms with Crippen LogP contribution < -0.4 is 5.32 Å². The Morgan fingerprint density at radius 2 is 1.70 bits per heavy atom. The van der Waals surface area contributed by atoms with Gasteiger partial charge in [-0.3, -0.25) is 14.4 Å². The molecule has 7 heteroatoms. The number of amides is 3. The van der Waals surface area contributed by atoms with Gasteiger partial charge < -0.3 is 19.9 Å². The Balaban J connectivity index is 1.72. The van der Waals surface area contributed by atoms with Gasteiger partial charge in [-0.2, -0.15) is 0 Å². The lowest BCUT2D eigenvalue weighted by molar-refractivity contribution is -0.141. The van der Waals surface area contributed by atoms with Crippen molar-refractivity contribution in [1.29, 1.82) is 0 Å². The Bertz CT molecular complexity index is 414. The summed E-state index contributed by atoms with van der Waals surface area (Å²) in [7, 11) is 1.61. The van der Waals surface area contributed by atoms with Crippen LogP contribution in [0.25, 0.3) is 0 Å². The summed E-state index contributed by atoms with van der Waals surface area (Å²) in [4.78, 5) is 38.8. The summed E-state index contributed by atoms with van der Waals surface area (Å²) in [5, 5.41) is 2.87. The number of ether oxygens (including phenoxy) is 1. The van der Waals surface area contributed by atoms with Crippen LogP contribution in [0.15, 0.2) is 0 Å². The van der Waals surface area contributed by atoms with Crippen molar-refractivity contribution in [2.45, 2.75) is 25.7 Å². The second-order valence-corrected chi connectivity index (χ2v) is 6.30. The molecule has 3 amide bonds. The van der Waals surface area contributed by atoms with E-state index in [9.17, 15) is 14.4 Å². The van der Waals surface area contributed by atoms with E-state index in [1.54, 1.807) is 12.0 Å². The fraction of sp³-hybridized carbons (Fsp3) is 0.812. The SMILES string of the molecule is COCCNC(=O)C1CCC(C(=O)N2CCN(C=O)CC2)CC1. The van der Waals surface area contributed by atoms with Crippen molar-refractivity contribution >= 4 is 18.2 Å². The van der Waals surface area contributed by atoms with E-state index in [0.717, 1.165) is 32.1 Å². The molecule has 1 saturated carbocycles. The summed E-state index contributed by atoms with van der Waals surface area (Å²) in [5.41, 5.74) is 0. The number of carbonyl (C=O) groups excluding carboxylic acids is 3. The molecule has 2 rings (SSSR count). The number of nitrogens with zero attached hydrogens (tertiary/aromatic N) is 2. The maximum atomic E-state index is 12.5. The number of rotatable bonds is 6. The van der Waals surface area contributed by atoms with Crippen molar-refractivity contribution in [3.8, 4) is 0 Å². The second-order valence-electron chi connectivity index (χ2n) is 6.30. The Kier molecular flexibility index (Phi) is 6.83. The minimum absolute atomic E-state index is 0.0165. The van der Waals surface area contributed by atoms with E-state index in [1.165, 1.54) is 0 Å². The molecule has 1 aliphatic carbocycles. The van der Waals surface area contributed by atoms with Gasteiger partial charge in [0.15, 0.2) is 0 Å². The molecule has 0 bridgehead atoms. The maximum Gasteiger partial charge on any atom is 0.225 e. The van der Waals surface area contributed by atoms with Crippen molar-refractivity contribution in [3.63, 3.8) is 0 Å². The summed E-state index contributed by atoms with van der Waals surface area (Å²) in [6.07, 6.45) is 3.92. The van der Waals surface area contributed by atoms with E-state index < -0.39 is 0 Å². The zero-order chi connectivity index (χ0) is 16.7. The first-order valence-corrected chi connectivity index (χ1v) is 8.40. The highest BCUT2D eigenvalue weighted by Crippen LogP contribution is 2.30. The lowest BCUT2D eigenvalue weighted by Crippen LogP contribution is -2.50. The van der Waals surface area contributed by atoms with Gasteiger partial charge in [-0.15, -0.1) is 0 Å². The molecule has 1 saturated heterocycles. The predicted molar refractivity (Wildman–Crippen MR) is 84.6 cm³/mol. The molecular weight excluding hydrogens is 298 g/mol. The van der Waals surface area contributed by atoms with E-state index in [0.29, 0.717) is 39.3 Å². The molecule has 0 atom stereocenters. The first-order chi connectivity index (χ1) is 11.2. The Morgan fingerprint density at radius 3 is 2.26 bits per heavy atom. The first-order valence-electron chi connectivity index (χ1n) is 8.40. The van der Waals surface area contributed by atoms with Crippen molar-refractivity contribution in [3.05, 3.63) is 0 Å². The lowest BCUT2D eigenvalue weighted by atomic mass is 9.81. The second kappa shape index (κ2) is 8.86. The van der Waals surface area contributed by atoms with Crippen LogP contribution in [0, 0.1) is 11.8 Å². The summed E-state index contributed by atoms with van der Waals surface area (Å²) >= 11 is 0. The van der Waals surface area contributed by atoms with E-state index in [1.807, 2.05) is 4.90 Å². The molecule has 1 N–H and O–H groups in total. The number of piperazine rings is 1. The number of hydrogen-bond donors (Lipinski definition) is 1. The summed E-state index contributed by atoms with van der Waals surface area (Å²) < 4.78 is 4.92. The van der Waals surface area contributed by atoms with Crippen LogP contribution in [-0.4, -0.2) is 74.5 Å². The Labute approximate surface area is 137 Å². The van der Waals surface area contributed by atoms with Crippen LogP contribution in [-0.2, 0) is 19.1 Å². The van der Waals surface area contributed by atoms with Crippen LogP contribution in [0.2, 0.25) is 0 Å². The highest BCUT2D eigenvalue weighted by atomic mass is 16.5. The van der Waals surface area contributed by atoms with E-state index in [4.69, 9.17) is 4.74 Å². The lowest BCUT2D eigenvalue weighted by Gasteiger charge is -2.36. The molecule has 7 nitrogen and oxygen atoms in total. The van der Waals surface area contributed by atoms with Gasteiger partial charge in [0.2, 0.25) is 18.2 Å². The van der Waals surface area contributed by atoms with Crippen molar-refractivity contribution in [1.82, 2.24) is 15.1 Å². The predicted octanol–water partition coefficient (Wildman–Crippen LogP) is -0.144. The van der Waals surface area contributed by atoms with Gasteiger partial charge in [0.25, 0.3) is 0 Å². The summed E-state index contributed by atoms with van der Waals surface area (Å²) in [5.74, 6) is 0.310. The van der Waals surface area contributed by atoms with Gasteiger partial charge in [-0.1, -0.05) is 0 Å². The molecular formula is C16H27N3O4. The van der Waals surface area contributed by atoms with Gasteiger partial charge in [-0.25, -0.2) is 0 Å². The van der Waals surface area contributed by atoms with Gasteiger partial charge in [0, 0.05) is 51.7 Å². The van der Waals surface area contributed by atoms with Crippen LogP contribution in [0.5, 0.6) is 0 Å². The molecule has 1 aliphatic heterocycles. The summed E-state index contributed by atoms with van der Waals surface area (Å²) in [6.45, 7) is 3.53. The van der Waals surface area contributed by atoms with Crippen molar-refractivity contribution in [2.75, 3.05) is 46.4 Å². The van der Waals surface area contributed by atoms with Crippen molar-refractivity contribution < 1.29 is 19.1 Å². The van der Waals surface area contributed by atoms with Crippen molar-refractivity contribution in [2.24, 2.45) is 11.8 Å². The van der Waals surface area contributed by atoms with Gasteiger partial charge >= 0.3 is 0 Å². The smallest absolute Gasteiger partial charge is 0.225 e. The standard InChI is InChI=1S/C16H27N3O4/c1-23-11-6-17-15(21)13-2-4-14(5-3-13)16(22)19-9-7-18(12-20)8-10-19/h12-14H,2-11H2,1H3,(H,17,21). The van der Waals surface area contributed by atoms with E-state index in [2.05, 4.69) is 5.32 Å². The third-order valence-corrected chi connectivity index (χ3v) is 4.83. The molecule has 0 aromatic rings. The van der Waals surface area contributed by atoms with Gasteiger partial charge in [0.05, 0.1) is 6.61 Å². The van der Waals surface area contributed by atoms with Gasteiger partial charge in [0.1, 0.15) is 0 Å². The molecule has 0 radical (unpaired) electrons. The normalized spacial score (nSPS) is 25.1. The van der Waals surface area contributed by atoms with E-state index in [-0.39, 0.29) is 23.7 Å².